The van der Waals surface area contributed by atoms with E-state index in [1.807, 2.05) is 36.4 Å². The van der Waals surface area contributed by atoms with Crippen molar-refractivity contribution >= 4 is 33.5 Å². The van der Waals surface area contributed by atoms with E-state index in [1.54, 1.807) is 48.5 Å². The zero-order valence-electron chi connectivity index (χ0n) is 24.7. The molecule has 4 aromatic carbocycles. The molecule has 2 atom stereocenters. The van der Waals surface area contributed by atoms with Crippen molar-refractivity contribution in [1.29, 1.82) is 0 Å². The number of hydrogen-bond acceptors (Lipinski definition) is 9. The normalized spacial score (nSPS) is 12.5. The summed E-state index contributed by atoms with van der Waals surface area (Å²) in [7, 11) is 0. The van der Waals surface area contributed by atoms with E-state index < -0.39 is 67.5 Å². The van der Waals surface area contributed by atoms with Crippen molar-refractivity contribution in [1.82, 2.24) is 13.7 Å². The van der Waals surface area contributed by atoms with Crippen molar-refractivity contribution in [2.45, 2.75) is 31.8 Å². The Morgan fingerprint density at radius 1 is 0.630 bits per heavy atom. The van der Waals surface area contributed by atoms with Gasteiger partial charge in [-0.2, -0.15) is 0 Å². The number of esters is 2. The first-order valence-corrected chi connectivity index (χ1v) is 14.4. The molecule has 0 bridgehead atoms. The molecule has 1 aromatic heterocycles. The Balaban J connectivity index is 1.44. The lowest BCUT2D eigenvalue weighted by Crippen LogP contribution is -2.56. The van der Waals surface area contributed by atoms with Crippen LogP contribution in [0, 0.1) is 0 Å². The molecule has 0 amide bonds. The van der Waals surface area contributed by atoms with Crippen LogP contribution in [-0.2, 0) is 29.1 Å². The Morgan fingerprint density at radius 2 is 1.02 bits per heavy atom. The minimum absolute atomic E-state index is 0.219. The summed E-state index contributed by atoms with van der Waals surface area (Å²) in [5, 5.41) is 22.9. The highest BCUT2D eigenvalue weighted by Gasteiger charge is 2.25. The van der Waals surface area contributed by atoms with E-state index in [-0.39, 0.29) is 17.7 Å². The summed E-state index contributed by atoms with van der Waals surface area (Å²) in [6.45, 7) is 0.594. The van der Waals surface area contributed by atoms with Crippen molar-refractivity contribution in [2.24, 2.45) is 0 Å². The summed E-state index contributed by atoms with van der Waals surface area (Å²) < 4.78 is 13.0. The van der Waals surface area contributed by atoms with Crippen molar-refractivity contribution in [2.75, 3.05) is 13.2 Å². The van der Waals surface area contributed by atoms with Gasteiger partial charge >= 0.3 is 29.0 Å². The molecule has 46 heavy (non-hydrogen) atoms. The maximum Gasteiger partial charge on any atom is 0.339 e. The molecule has 0 radical (unpaired) electrons. The smallest absolute Gasteiger partial charge is 0.339 e. The maximum absolute atomic E-state index is 13.6. The van der Waals surface area contributed by atoms with Gasteiger partial charge in [0.15, 0.2) is 0 Å². The molecular weight excluding hydrogens is 594 g/mol. The summed E-state index contributed by atoms with van der Waals surface area (Å²) in [5.74, 6) is -1.58. The highest BCUT2D eigenvalue weighted by molar-refractivity contribution is 6.05. The molecule has 0 saturated carbocycles. The van der Waals surface area contributed by atoms with Crippen LogP contribution in [-0.4, -0.2) is 61.3 Å². The molecule has 12 nitrogen and oxygen atoms in total. The second-order valence-corrected chi connectivity index (χ2v) is 10.4. The zero-order chi connectivity index (χ0) is 32.8. The predicted octanol–water partition coefficient (Wildman–Crippen LogP) is 2.10. The van der Waals surface area contributed by atoms with Crippen molar-refractivity contribution in [3.05, 3.63) is 140 Å². The number of aromatic nitrogens is 3. The van der Waals surface area contributed by atoms with E-state index in [2.05, 4.69) is 6.58 Å². The molecule has 0 aliphatic heterocycles. The third-order valence-electron chi connectivity index (χ3n) is 7.44. The molecule has 12 heteroatoms. The van der Waals surface area contributed by atoms with E-state index >= 15 is 0 Å². The van der Waals surface area contributed by atoms with Gasteiger partial charge in [-0.15, -0.1) is 6.58 Å². The SMILES string of the molecule is C=CCn1c(=O)n(CC(CO)OC(=O)c2cccc3ccccc23)c(=O)n(CC(CO)OC(=O)c2cccc3ccccc23)c1=O. The number of rotatable bonds is 12. The maximum atomic E-state index is 13.6. The summed E-state index contributed by atoms with van der Waals surface area (Å²) in [6.07, 6.45) is -1.42. The molecule has 1 heterocycles. The number of carbonyl (C=O) groups excluding carboxylic acids is 2. The van der Waals surface area contributed by atoms with Crippen LogP contribution in [0.15, 0.2) is 112 Å². The monoisotopic (exact) mass is 625 g/mol. The van der Waals surface area contributed by atoms with Crippen LogP contribution in [0.1, 0.15) is 20.7 Å². The largest absolute Gasteiger partial charge is 0.454 e. The van der Waals surface area contributed by atoms with E-state index in [9.17, 15) is 34.2 Å². The second-order valence-electron chi connectivity index (χ2n) is 10.4. The number of aliphatic hydroxyl groups is 2. The fourth-order valence-corrected chi connectivity index (χ4v) is 5.19. The van der Waals surface area contributed by atoms with Gasteiger partial charge in [0, 0.05) is 0 Å². The van der Waals surface area contributed by atoms with Crippen LogP contribution in [0.3, 0.4) is 0 Å². The molecule has 2 unspecified atom stereocenters. The number of hydrogen-bond donors (Lipinski definition) is 2. The van der Waals surface area contributed by atoms with E-state index in [0.29, 0.717) is 19.9 Å². The Morgan fingerprint density at radius 3 is 1.43 bits per heavy atom. The lowest BCUT2D eigenvalue weighted by molar-refractivity contribution is 0.00569. The van der Waals surface area contributed by atoms with Gasteiger partial charge in [0.2, 0.25) is 0 Å². The number of benzene rings is 4. The average molecular weight is 626 g/mol. The summed E-state index contributed by atoms with van der Waals surface area (Å²) >= 11 is 0. The van der Waals surface area contributed by atoms with Crippen LogP contribution in [0.5, 0.6) is 0 Å². The van der Waals surface area contributed by atoms with Crippen LogP contribution in [0.4, 0.5) is 0 Å². The average Bonchev–Trinajstić information content (AvgIpc) is 3.08. The van der Waals surface area contributed by atoms with Crippen LogP contribution < -0.4 is 17.1 Å². The zero-order valence-corrected chi connectivity index (χ0v) is 24.7. The molecule has 5 aromatic rings. The first-order valence-electron chi connectivity index (χ1n) is 14.4. The topological polar surface area (TPSA) is 159 Å². The first-order chi connectivity index (χ1) is 22.3. The highest BCUT2D eigenvalue weighted by Crippen LogP contribution is 2.21. The minimum Gasteiger partial charge on any atom is -0.454 e. The summed E-state index contributed by atoms with van der Waals surface area (Å²) in [5.41, 5.74) is -2.73. The molecule has 236 valence electrons. The molecule has 5 rings (SSSR count). The fraction of sp³-hybridized carbons (Fsp3) is 0.206. The lowest BCUT2D eigenvalue weighted by Gasteiger charge is -2.21. The molecule has 0 fully saturated rings. The third kappa shape index (κ3) is 6.43. The molecule has 2 N–H and O–H groups in total. The number of allylic oxidation sites excluding steroid dienone is 1. The Hall–Kier alpha value is -5.59. The Kier molecular flexibility index (Phi) is 9.70. The van der Waals surface area contributed by atoms with Gasteiger partial charge in [0.05, 0.1) is 44.0 Å². The van der Waals surface area contributed by atoms with Gasteiger partial charge in [-0.25, -0.2) is 37.7 Å². The van der Waals surface area contributed by atoms with Crippen LogP contribution in [0.2, 0.25) is 0 Å². The van der Waals surface area contributed by atoms with Gasteiger partial charge < -0.3 is 19.7 Å². The standard InChI is InChI=1S/C34H31N3O9/c1-2-17-35-32(42)36(18-24(20-38)45-30(40)28-15-7-11-22-9-3-5-13-26(22)28)34(44)37(33(35)43)19-25(21-39)46-31(41)29-16-8-12-23-10-4-6-14-27(23)29/h2-16,24-25,38-39H,1,17-21H2. The van der Waals surface area contributed by atoms with Gasteiger partial charge in [-0.05, 0) is 33.7 Å². The molecule has 0 saturated heterocycles. The van der Waals surface area contributed by atoms with E-state index in [4.69, 9.17) is 9.47 Å². The predicted molar refractivity (Wildman–Crippen MR) is 170 cm³/mol. The van der Waals surface area contributed by atoms with Gasteiger partial charge in [-0.3, -0.25) is 0 Å². The Labute approximate surface area is 261 Å². The van der Waals surface area contributed by atoms with Gasteiger partial charge in [0.25, 0.3) is 0 Å². The van der Waals surface area contributed by atoms with Crippen molar-refractivity contribution in [3.8, 4) is 0 Å². The summed E-state index contributed by atoms with van der Waals surface area (Å²) in [6, 6.07) is 24.3. The van der Waals surface area contributed by atoms with Crippen LogP contribution in [0.25, 0.3) is 21.5 Å². The second kappa shape index (κ2) is 14.0. The molecule has 0 aliphatic carbocycles. The molecular formula is C34H31N3O9. The van der Waals surface area contributed by atoms with Gasteiger partial charge in [-0.1, -0.05) is 78.9 Å². The highest BCUT2D eigenvalue weighted by atomic mass is 16.6. The van der Waals surface area contributed by atoms with Crippen molar-refractivity contribution < 1.29 is 29.3 Å². The van der Waals surface area contributed by atoms with E-state index in [0.717, 1.165) is 15.3 Å². The lowest BCUT2D eigenvalue weighted by atomic mass is 10.0. The summed E-state index contributed by atoms with van der Waals surface area (Å²) in [4.78, 5) is 66.4. The fourth-order valence-electron chi connectivity index (χ4n) is 5.19. The number of ether oxygens (including phenoxy) is 2. The quantitative estimate of drug-likeness (QED) is 0.156. The third-order valence-corrected chi connectivity index (χ3v) is 7.44. The van der Waals surface area contributed by atoms with E-state index in [1.165, 1.54) is 6.08 Å². The van der Waals surface area contributed by atoms with Crippen LogP contribution >= 0.6 is 0 Å². The van der Waals surface area contributed by atoms with Gasteiger partial charge in [0.1, 0.15) is 12.2 Å². The minimum atomic E-state index is -1.35. The number of aliphatic hydroxyl groups excluding tert-OH is 2. The number of fused-ring (bicyclic) bond motifs is 2. The first kappa shape index (κ1) is 31.8. The molecule has 0 aliphatic rings. The van der Waals surface area contributed by atoms with Crippen molar-refractivity contribution in [3.63, 3.8) is 0 Å². The number of carbonyl (C=O) groups is 2. The number of nitrogens with zero attached hydrogens (tertiary/aromatic N) is 3. The Bertz CT molecular complexity index is 1960. The molecule has 0 spiro atoms.